The van der Waals surface area contributed by atoms with Crippen LogP contribution in [-0.2, 0) is 21.0 Å². The maximum Gasteiger partial charge on any atom is 0.245 e. The van der Waals surface area contributed by atoms with Crippen LogP contribution in [-0.4, -0.2) is 31.2 Å². The molecule has 0 aliphatic heterocycles. The third-order valence-electron chi connectivity index (χ3n) is 4.49. The summed E-state index contributed by atoms with van der Waals surface area (Å²) in [4.78, 5) is 12.9. The van der Waals surface area contributed by atoms with E-state index in [9.17, 15) is 18.5 Å². The van der Waals surface area contributed by atoms with Crippen molar-refractivity contribution in [1.29, 1.82) is 0 Å². The normalized spacial score (nSPS) is 14.7. The Hall–Kier alpha value is -2.06. The van der Waals surface area contributed by atoms with E-state index in [0.717, 1.165) is 0 Å². The molecule has 26 heavy (non-hydrogen) atoms. The topological polar surface area (TPSA) is 92.4 Å². The van der Waals surface area contributed by atoms with Crippen molar-refractivity contribution >= 4 is 22.6 Å². The number of halogens is 1. The van der Waals surface area contributed by atoms with Crippen molar-refractivity contribution in [2.45, 2.75) is 55.8 Å². The number of amides is 1. The highest BCUT2D eigenvalue weighted by atomic mass is 32.2. The first kappa shape index (κ1) is 20.3. The van der Waals surface area contributed by atoms with Gasteiger partial charge in [0, 0.05) is 16.4 Å². The minimum atomic E-state index is -1.70. The minimum Gasteiger partial charge on any atom is -0.392 e. The van der Waals surface area contributed by atoms with Gasteiger partial charge in [-0.1, -0.05) is 19.0 Å². The molecule has 1 aromatic heterocycles. The van der Waals surface area contributed by atoms with Gasteiger partial charge >= 0.3 is 0 Å². The molecular formula is C18H23FN2O4S. The standard InChI is InChI=1S/C18H23FN2O4S/c1-11(22)17(2,3)14-10-15(25-21-14)20-16(23)18(4,5)26(24)13-8-6-12(19)7-9-13/h6-11,22H,1-5H3,(H,20,23)/t11-,26?/m0/s1. The van der Waals surface area contributed by atoms with Crippen LogP contribution in [0.3, 0.4) is 0 Å². The summed E-state index contributed by atoms with van der Waals surface area (Å²) in [5, 5.41) is 16.3. The average Bonchev–Trinajstić information content (AvgIpc) is 3.04. The molecule has 6 nitrogen and oxygen atoms in total. The lowest BCUT2D eigenvalue weighted by atomic mass is 9.84. The number of aromatic nitrogens is 1. The van der Waals surface area contributed by atoms with Gasteiger partial charge in [0.1, 0.15) is 10.6 Å². The van der Waals surface area contributed by atoms with E-state index < -0.39 is 38.8 Å². The lowest BCUT2D eigenvalue weighted by molar-refractivity contribution is -0.117. The molecule has 1 unspecified atom stereocenters. The smallest absolute Gasteiger partial charge is 0.245 e. The van der Waals surface area contributed by atoms with Crippen LogP contribution in [0.1, 0.15) is 40.3 Å². The number of aliphatic hydroxyl groups excluding tert-OH is 1. The number of anilines is 1. The molecule has 2 N–H and O–H groups in total. The first-order valence-corrected chi connectivity index (χ1v) is 9.25. The molecule has 2 rings (SSSR count). The number of nitrogens with one attached hydrogen (secondary N) is 1. The minimum absolute atomic E-state index is 0.0999. The van der Waals surface area contributed by atoms with E-state index in [2.05, 4.69) is 10.5 Å². The van der Waals surface area contributed by atoms with E-state index in [1.807, 2.05) is 0 Å². The first-order chi connectivity index (χ1) is 12.0. The van der Waals surface area contributed by atoms with Crippen LogP contribution < -0.4 is 5.32 Å². The second-order valence-corrected chi connectivity index (χ2v) is 9.19. The van der Waals surface area contributed by atoms with Crippen molar-refractivity contribution < 1.29 is 23.0 Å². The number of aliphatic hydroxyl groups is 1. The molecule has 0 aliphatic rings. The number of benzene rings is 1. The Labute approximate surface area is 154 Å². The highest BCUT2D eigenvalue weighted by Gasteiger charge is 2.37. The molecule has 2 aromatic rings. The summed E-state index contributed by atoms with van der Waals surface area (Å²) in [6.45, 7) is 8.29. The van der Waals surface area contributed by atoms with E-state index in [4.69, 9.17) is 4.52 Å². The van der Waals surface area contributed by atoms with Gasteiger partial charge in [0.05, 0.1) is 22.6 Å². The Morgan fingerprint density at radius 3 is 2.38 bits per heavy atom. The second kappa shape index (κ2) is 7.28. The molecule has 8 heteroatoms. The summed E-state index contributed by atoms with van der Waals surface area (Å²) in [6, 6.07) is 6.70. The van der Waals surface area contributed by atoms with Crippen LogP contribution in [0.25, 0.3) is 0 Å². The Bertz CT molecular complexity index is 813. The first-order valence-electron chi connectivity index (χ1n) is 8.10. The van der Waals surface area contributed by atoms with Crippen molar-refractivity contribution in [2.24, 2.45) is 0 Å². The number of hydrogen-bond donors (Lipinski definition) is 2. The van der Waals surface area contributed by atoms with E-state index in [-0.39, 0.29) is 5.88 Å². The summed E-state index contributed by atoms with van der Waals surface area (Å²) in [5.74, 6) is -0.872. The van der Waals surface area contributed by atoms with Gasteiger partial charge in [0.15, 0.2) is 0 Å². The molecule has 0 fully saturated rings. The molecule has 142 valence electrons. The van der Waals surface area contributed by atoms with Gasteiger partial charge in [-0.05, 0) is 45.0 Å². The van der Waals surface area contributed by atoms with Crippen molar-refractivity contribution in [2.75, 3.05) is 5.32 Å². The monoisotopic (exact) mass is 382 g/mol. The third kappa shape index (κ3) is 4.02. The Kier molecular flexibility index (Phi) is 5.67. The maximum atomic E-state index is 13.0. The summed E-state index contributed by atoms with van der Waals surface area (Å²) in [5.41, 5.74) is -0.167. The molecule has 0 saturated carbocycles. The second-order valence-electron chi connectivity index (χ2n) is 7.16. The van der Waals surface area contributed by atoms with E-state index in [0.29, 0.717) is 10.6 Å². The Balaban J connectivity index is 2.17. The fourth-order valence-corrected chi connectivity index (χ4v) is 3.24. The van der Waals surface area contributed by atoms with E-state index in [1.165, 1.54) is 44.2 Å². The van der Waals surface area contributed by atoms with Crippen LogP contribution in [0.4, 0.5) is 10.3 Å². The van der Waals surface area contributed by atoms with Crippen LogP contribution >= 0.6 is 0 Å². The Morgan fingerprint density at radius 1 is 1.27 bits per heavy atom. The summed E-state index contributed by atoms with van der Waals surface area (Å²) in [6.07, 6.45) is -0.668. The predicted molar refractivity (Wildman–Crippen MR) is 96.7 cm³/mol. The largest absolute Gasteiger partial charge is 0.392 e. The van der Waals surface area contributed by atoms with Crippen molar-refractivity contribution in [3.63, 3.8) is 0 Å². The van der Waals surface area contributed by atoms with Crippen molar-refractivity contribution in [1.82, 2.24) is 5.16 Å². The van der Waals surface area contributed by atoms with Crippen molar-refractivity contribution in [3.05, 3.63) is 41.8 Å². The fourth-order valence-electron chi connectivity index (χ4n) is 2.05. The van der Waals surface area contributed by atoms with Gasteiger partial charge in [-0.15, -0.1) is 0 Å². The number of carbonyl (C=O) groups is 1. The zero-order valence-corrected chi connectivity index (χ0v) is 16.2. The van der Waals surface area contributed by atoms with Gasteiger partial charge in [-0.25, -0.2) is 4.39 Å². The SMILES string of the molecule is C[C@H](O)C(C)(C)c1cc(NC(=O)C(C)(C)S(=O)c2ccc(F)cc2)on1. The zero-order chi connectivity index (χ0) is 19.7. The van der Waals surface area contributed by atoms with E-state index in [1.54, 1.807) is 20.8 Å². The highest BCUT2D eigenvalue weighted by molar-refractivity contribution is 7.87. The lowest BCUT2D eigenvalue weighted by Gasteiger charge is -2.24. The van der Waals surface area contributed by atoms with Crippen LogP contribution in [0, 0.1) is 5.82 Å². The maximum absolute atomic E-state index is 13.0. The van der Waals surface area contributed by atoms with Crippen molar-refractivity contribution in [3.8, 4) is 0 Å². The van der Waals surface area contributed by atoms with E-state index >= 15 is 0 Å². The van der Waals surface area contributed by atoms with Gasteiger partial charge in [0.2, 0.25) is 11.8 Å². The van der Waals surface area contributed by atoms with Gasteiger partial charge < -0.3 is 9.63 Å². The molecule has 1 amide bonds. The number of carbonyl (C=O) groups excluding carboxylic acids is 1. The van der Waals surface area contributed by atoms with Gasteiger partial charge in [-0.2, -0.15) is 0 Å². The van der Waals surface area contributed by atoms with Crippen LogP contribution in [0.15, 0.2) is 39.8 Å². The Morgan fingerprint density at radius 2 is 1.85 bits per heavy atom. The summed E-state index contributed by atoms with van der Waals surface area (Å²) in [7, 11) is -1.70. The molecule has 0 saturated heterocycles. The number of rotatable bonds is 6. The summed E-state index contributed by atoms with van der Waals surface area (Å²) < 4.78 is 29.6. The molecule has 0 bridgehead atoms. The highest BCUT2D eigenvalue weighted by Crippen LogP contribution is 2.29. The molecule has 2 atom stereocenters. The fraction of sp³-hybridized carbons (Fsp3) is 0.444. The number of nitrogens with zero attached hydrogens (tertiary/aromatic N) is 1. The zero-order valence-electron chi connectivity index (χ0n) is 15.4. The molecule has 1 heterocycles. The van der Waals surface area contributed by atoms with Crippen LogP contribution in [0.5, 0.6) is 0 Å². The summed E-state index contributed by atoms with van der Waals surface area (Å²) >= 11 is 0. The molecule has 0 radical (unpaired) electrons. The third-order valence-corrected chi connectivity index (χ3v) is 6.30. The predicted octanol–water partition coefficient (Wildman–Crippen LogP) is 3.00. The quantitative estimate of drug-likeness (QED) is 0.801. The van der Waals surface area contributed by atoms with Gasteiger partial charge in [-0.3, -0.25) is 14.3 Å². The lowest BCUT2D eigenvalue weighted by Crippen LogP contribution is -2.41. The number of hydrogen-bond acceptors (Lipinski definition) is 5. The molecular weight excluding hydrogens is 359 g/mol. The average molecular weight is 382 g/mol. The van der Waals surface area contributed by atoms with Gasteiger partial charge in [0.25, 0.3) is 0 Å². The molecule has 1 aromatic carbocycles. The molecule has 0 aliphatic carbocycles. The molecule has 0 spiro atoms. The van der Waals surface area contributed by atoms with Crippen LogP contribution in [0.2, 0.25) is 0 Å².